The van der Waals surface area contributed by atoms with Gasteiger partial charge in [-0.2, -0.15) is 0 Å². The third-order valence-electron chi connectivity index (χ3n) is 6.80. The fraction of sp³-hybridized carbons (Fsp3) is 0.0968. The molecule has 0 aliphatic heterocycles. The number of nitrogens with zero attached hydrogens (tertiary/aromatic N) is 1. The molecule has 3 heterocycles. The number of halogens is 1. The van der Waals surface area contributed by atoms with Crippen molar-refractivity contribution in [3.8, 4) is 22.4 Å². The summed E-state index contributed by atoms with van der Waals surface area (Å²) in [5.41, 5.74) is 5.57. The van der Waals surface area contributed by atoms with Crippen molar-refractivity contribution in [3.63, 3.8) is 0 Å². The SMILES string of the molecule is Cc1ccc(-c2csc(NC(=S)NC(=O)Cc3c(C)c4cc5c(-c6ccc(F)cc6)coc5cc4oc3=O)n2)cc1. The highest BCUT2D eigenvalue weighted by Gasteiger charge is 2.19. The number of nitrogens with one attached hydrogen (secondary N) is 2. The van der Waals surface area contributed by atoms with Crippen molar-refractivity contribution in [2.45, 2.75) is 20.3 Å². The van der Waals surface area contributed by atoms with Gasteiger partial charge in [-0.05, 0) is 55.4 Å². The van der Waals surface area contributed by atoms with E-state index in [1.807, 2.05) is 42.6 Å². The first kappa shape index (κ1) is 26.5. The van der Waals surface area contributed by atoms with Gasteiger partial charge in [-0.15, -0.1) is 11.3 Å². The second-order valence-electron chi connectivity index (χ2n) is 9.58. The zero-order chi connectivity index (χ0) is 28.7. The summed E-state index contributed by atoms with van der Waals surface area (Å²) in [6.45, 7) is 3.79. The van der Waals surface area contributed by atoms with Gasteiger partial charge in [0.05, 0.1) is 23.9 Å². The van der Waals surface area contributed by atoms with Crippen LogP contribution in [0, 0.1) is 19.7 Å². The molecule has 6 aromatic rings. The molecule has 7 nitrogen and oxygen atoms in total. The van der Waals surface area contributed by atoms with Gasteiger partial charge in [-0.1, -0.05) is 42.0 Å². The Bertz CT molecular complexity index is 2010. The molecule has 204 valence electrons. The number of hydrogen-bond donors (Lipinski definition) is 2. The number of thiocarbonyl (C=S) groups is 1. The number of thiazole rings is 1. The Balaban J connectivity index is 1.21. The van der Waals surface area contributed by atoms with Crippen LogP contribution in [-0.4, -0.2) is 16.0 Å². The number of carbonyl (C=O) groups excluding carboxylic acids is 1. The molecule has 6 rings (SSSR count). The monoisotopic (exact) mass is 583 g/mol. The summed E-state index contributed by atoms with van der Waals surface area (Å²) in [6.07, 6.45) is 1.35. The number of rotatable bonds is 5. The van der Waals surface area contributed by atoms with Crippen LogP contribution < -0.4 is 16.3 Å². The Kier molecular flexibility index (Phi) is 6.94. The van der Waals surface area contributed by atoms with Crippen LogP contribution in [0.3, 0.4) is 0 Å². The molecule has 0 aliphatic carbocycles. The third kappa shape index (κ3) is 5.39. The minimum absolute atomic E-state index is 0.0756. The number of benzene rings is 3. The van der Waals surface area contributed by atoms with Crippen molar-refractivity contribution in [1.82, 2.24) is 10.3 Å². The molecular formula is C31H22FN3O4S2. The molecule has 0 saturated heterocycles. The predicted molar refractivity (Wildman–Crippen MR) is 163 cm³/mol. The van der Waals surface area contributed by atoms with Gasteiger partial charge in [0.25, 0.3) is 0 Å². The van der Waals surface area contributed by atoms with Gasteiger partial charge in [0.1, 0.15) is 17.0 Å². The topological polar surface area (TPSA) is 97.4 Å². The molecule has 2 N–H and O–H groups in total. The first-order chi connectivity index (χ1) is 19.7. The molecule has 0 spiro atoms. The lowest BCUT2D eigenvalue weighted by molar-refractivity contribution is -0.119. The van der Waals surface area contributed by atoms with E-state index in [9.17, 15) is 14.0 Å². The number of anilines is 1. The van der Waals surface area contributed by atoms with E-state index in [-0.39, 0.29) is 22.9 Å². The van der Waals surface area contributed by atoms with Crippen LogP contribution in [0.25, 0.3) is 44.3 Å². The summed E-state index contributed by atoms with van der Waals surface area (Å²) in [4.78, 5) is 30.3. The zero-order valence-corrected chi connectivity index (χ0v) is 23.5. The summed E-state index contributed by atoms with van der Waals surface area (Å²) in [5, 5.41) is 9.50. The molecule has 3 aromatic carbocycles. The molecule has 0 fully saturated rings. The van der Waals surface area contributed by atoms with Gasteiger partial charge >= 0.3 is 5.63 Å². The number of hydrogen-bond acceptors (Lipinski definition) is 7. The second kappa shape index (κ2) is 10.7. The van der Waals surface area contributed by atoms with Crippen molar-refractivity contribution in [3.05, 3.63) is 105 Å². The summed E-state index contributed by atoms with van der Waals surface area (Å²) in [6, 6.07) is 17.6. The lowest BCUT2D eigenvalue weighted by Crippen LogP contribution is -2.36. The van der Waals surface area contributed by atoms with Gasteiger partial charge in [-0.3, -0.25) is 4.79 Å². The summed E-state index contributed by atoms with van der Waals surface area (Å²) in [5.74, 6) is -0.801. The van der Waals surface area contributed by atoms with Crippen molar-refractivity contribution in [2.24, 2.45) is 0 Å². The van der Waals surface area contributed by atoms with Crippen molar-refractivity contribution >= 4 is 61.6 Å². The van der Waals surface area contributed by atoms with Gasteiger partial charge in [0.2, 0.25) is 5.91 Å². The van der Waals surface area contributed by atoms with Crippen molar-refractivity contribution in [1.29, 1.82) is 0 Å². The number of fused-ring (bicyclic) bond motifs is 2. The second-order valence-corrected chi connectivity index (χ2v) is 10.8. The Morgan fingerprint density at radius 3 is 2.49 bits per heavy atom. The van der Waals surface area contributed by atoms with Crippen molar-refractivity contribution < 1.29 is 18.0 Å². The normalized spacial score (nSPS) is 11.2. The van der Waals surface area contributed by atoms with Gasteiger partial charge in [-0.25, -0.2) is 14.2 Å². The van der Waals surface area contributed by atoms with Crippen LogP contribution in [0.2, 0.25) is 0 Å². The summed E-state index contributed by atoms with van der Waals surface area (Å²) >= 11 is 6.68. The average Bonchev–Trinajstić information content (AvgIpc) is 3.58. The van der Waals surface area contributed by atoms with E-state index < -0.39 is 11.5 Å². The smallest absolute Gasteiger partial charge is 0.340 e. The van der Waals surface area contributed by atoms with E-state index in [2.05, 4.69) is 15.6 Å². The molecule has 0 bridgehead atoms. The molecular weight excluding hydrogens is 561 g/mol. The van der Waals surface area contributed by atoms with Crippen LogP contribution in [0.4, 0.5) is 9.52 Å². The molecule has 10 heteroatoms. The standard InChI is InChI=1S/C31H22FN3O4S2/c1-16-3-5-19(6-4-16)25-15-41-31(33-25)35-30(40)34-28(36)12-22-17(2)21-11-23-24(18-7-9-20(32)10-8-18)14-38-26(23)13-27(21)39-29(22)37/h3-11,13-15H,12H2,1-2H3,(H2,33,34,35,36,40). The highest BCUT2D eigenvalue weighted by molar-refractivity contribution is 7.80. The average molecular weight is 584 g/mol. The van der Waals surface area contributed by atoms with E-state index >= 15 is 0 Å². The van der Waals surface area contributed by atoms with Crippen LogP contribution in [0.15, 0.2) is 85.9 Å². The molecule has 0 atom stereocenters. The first-order valence-electron chi connectivity index (χ1n) is 12.6. The first-order valence-corrected chi connectivity index (χ1v) is 13.9. The Hall–Kier alpha value is -4.67. The fourth-order valence-corrected chi connectivity index (χ4v) is 5.61. The number of aryl methyl sites for hydroxylation is 2. The van der Waals surface area contributed by atoms with E-state index in [1.54, 1.807) is 31.4 Å². The number of aromatic nitrogens is 1. The van der Waals surface area contributed by atoms with E-state index in [0.717, 1.165) is 33.3 Å². The highest BCUT2D eigenvalue weighted by atomic mass is 32.1. The maximum absolute atomic E-state index is 13.4. The molecule has 0 unspecified atom stereocenters. The highest BCUT2D eigenvalue weighted by Crippen LogP contribution is 2.34. The maximum Gasteiger partial charge on any atom is 0.340 e. The molecule has 3 aromatic heterocycles. The van der Waals surface area contributed by atoms with Crippen LogP contribution in [0.5, 0.6) is 0 Å². The fourth-order valence-electron chi connectivity index (χ4n) is 4.62. The Morgan fingerprint density at radius 1 is 1.00 bits per heavy atom. The van der Waals surface area contributed by atoms with Crippen LogP contribution in [0.1, 0.15) is 16.7 Å². The van der Waals surface area contributed by atoms with E-state index in [4.69, 9.17) is 21.1 Å². The zero-order valence-electron chi connectivity index (χ0n) is 21.9. The minimum Gasteiger partial charge on any atom is -0.464 e. The lowest BCUT2D eigenvalue weighted by atomic mass is 9.99. The third-order valence-corrected chi connectivity index (χ3v) is 7.76. The molecule has 0 aliphatic rings. The molecule has 0 saturated carbocycles. The molecule has 1 amide bonds. The predicted octanol–water partition coefficient (Wildman–Crippen LogP) is 7.14. The van der Waals surface area contributed by atoms with Gasteiger partial charge in [0, 0.05) is 33.3 Å². The molecule has 41 heavy (non-hydrogen) atoms. The maximum atomic E-state index is 13.4. The van der Waals surface area contributed by atoms with Crippen molar-refractivity contribution in [2.75, 3.05) is 5.32 Å². The lowest BCUT2D eigenvalue weighted by Gasteiger charge is -2.10. The van der Waals surface area contributed by atoms with E-state index in [1.165, 1.54) is 23.5 Å². The minimum atomic E-state index is -0.614. The number of furan rings is 1. The summed E-state index contributed by atoms with van der Waals surface area (Å²) < 4.78 is 24.7. The number of amides is 1. The van der Waals surface area contributed by atoms with Crippen LogP contribution >= 0.6 is 23.6 Å². The van der Waals surface area contributed by atoms with Gasteiger partial charge < -0.3 is 19.5 Å². The molecule has 0 radical (unpaired) electrons. The Labute approximate surface area is 242 Å². The number of carbonyl (C=O) groups is 1. The summed E-state index contributed by atoms with van der Waals surface area (Å²) in [7, 11) is 0. The van der Waals surface area contributed by atoms with Crippen LogP contribution in [-0.2, 0) is 11.2 Å². The largest absolute Gasteiger partial charge is 0.464 e. The quantitative estimate of drug-likeness (QED) is 0.164. The Morgan fingerprint density at radius 2 is 1.73 bits per heavy atom. The van der Waals surface area contributed by atoms with Gasteiger partial charge in [0.15, 0.2) is 10.2 Å². The van der Waals surface area contributed by atoms with E-state index in [0.29, 0.717) is 27.2 Å².